The minimum atomic E-state index is -1.30. The normalized spacial score (nSPS) is 29.8. The number of hydrogen-bond donors (Lipinski definition) is 3. The molecule has 486 valence electrons. The molecule has 0 aromatic rings. The smallest absolute Gasteiger partial charge is 0.246 e. The topological polar surface area (TPSA) is 256 Å². The molecule has 0 bridgehead atoms. The average Bonchev–Trinajstić information content (AvgIpc) is 3.95. The Morgan fingerprint density at radius 3 is 1.20 bits per heavy atom. The predicted molar refractivity (Wildman–Crippen MR) is 328 cm³/mol. The number of Topliss-reactive ketones (excluding diaryl/α,β-unsaturated/α-hetero) is 1. The number of ether oxygens (including phenoxy) is 1. The highest BCUT2D eigenvalue weighted by Gasteiger charge is 2.48. The van der Waals surface area contributed by atoms with Crippen molar-refractivity contribution >= 4 is 64.9 Å². The molecule has 13 atom stereocenters. The summed E-state index contributed by atoms with van der Waals surface area (Å²) >= 11 is 0. The summed E-state index contributed by atoms with van der Waals surface area (Å²) in [5.74, 6) is -9.61. The Bertz CT molecular complexity index is 2340. The SMILES string of the molecule is CC(C)C[C@@H]1C(=O)N(C)[C@H](CC(C)C)C(=O)N(C)[C@H](C(C)C)C(=O)N(C)[C@H](C2OCC[C@H]2C)C(=O)N[C@H](C(C)C)C(=O)N(C)[C@H](C)C(=O)N(C)[C@@H](CC(C)C)C(=O)N[C@H](C(C)C)C(=O)N(C)[C@H](CC(C)C)C(=O)N[C@H](C)C(=O)C[C@@H](C)C(=O)N1C. The second-order valence-corrected chi connectivity index (χ2v) is 27.4. The number of amides is 10. The molecule has 22 heteroatoms. The summed E-state index contributed by atoms with van der Waals surface area (Å²) in [4.78, 5) is 171. The van der Waals surface area contributed by atoms with Gasteiger partial charge in [0.25, 0.3) is 0 Å². The van der Waals surface area contributed by atoms with Crippen molar-refractivity contribution in [3.8, 4) is 0 Å². The number of nitrogens with one attached hydrogen (secondary N) is 3. The molecule has 85 heavy (non-hydrogen) atoms. The monoisotopic (exact) mass is 1200 g/mol. The maximum atomic E-state index is 15.2. The van der Waals surface area contributed by atoms with E-state index in [0.717, 1.165) is 0 Å². The Labute approximate surface area is 509 Å². The molecular formula is C63H112N10O12. The molecule has 10 amide bonds. The number of carbonyl (C=O) groups is 11. The van der Waals surface area contributed by atoms with Crippen LogP contribution >= 0.6 is 0 Å². The lowest BCUT2D eigenvalue weighted by molar-refractivity contribution is -0.157. The van der Waals surface area contributed by atoms with Crippen LogP contribution < -0.4 is 16.0 Å². The predicted octanol–water partition coefficient (Wildman–Crippen LogP) is 4.46. The van der Waals surface area contributed by atoms with Crippen LogP contribution in [0, 0.1) is 53.3 Å². The standard InChI is InChI=1S/C63H112N10O12/c1-33(2)28-44-54(75)64-42(17)48(74)32-41(16)57(78)70(22)46(30-35(5)6)59(80)71(23)47(31-36(7)8)60(81)72(24)51(39(13)14)63(84)73(25)52(53-40(15)26-27-85-53)56(77)66-49(37(9)10)61(82)67(19)43(18)58(79)68(20)45(29-34(3)4)55(76)65-50(38(11)12)62(83)69(44)21/h33-47,49-53H,26-32H2,1-25H3,(H,64,75)(H,65,76)(H,66,77)/t40-,41-,42-,43-,44-,45+,46-,47-,49-,50-,51-,52-,53?/m1/s1. The molecule has 0 aromatic carbocycles. The molecule has 2 saturated heterocycles. The van der Waals surface area contributed by atoms with E-state index < -0.39 is 155 Å². The molecule has 0 spiro atoms. The van der Waals surface area contributed by atoms with E-state index in [1.165, 1.54) is 97.5 Å². The van der Waals surface area contributed by atoms with E-state index in [2.05, 4.69) is 16.0 Å². The van der Waals surface area contributed by atoms with Gasteiger partial charge in [-0.2, -0.15) is 0 Å². The lowest BCUT2D eigenvalue weighted by Crippen LogP contribution is -2.64. The third-order valence-electron chi connectivity index (χ3n) is 17.2. The Kier molecular flexibility index (Phi) is 29.2. The Morgan fingerprint density at radius 2 is 0.788 bits per heavy atom. The fraction of sp³-hybridized carbons (Fsp3) is 0.825. The number of nitrogens with zero attached hydrogens (tertiary/aromatic N) is 7. The highest BCUT2D eigenvalue weighted by atomic mass is 16.5. The van der Waals surface area contributed by atoms with Crippen molar-refractivity contribution in [1.29, 1.82) is 0 Å². The van der Waals surface area contributed by atoms with E-state index in [0.29, 0.717) is 13.0 Å². The fourth-order valence-electron chi connectivity index (χ4n) is 11.6. The summed E-state index contributed by atoms with van der Waals surface area (Å²) in [5, 5.41) is 8.60. The molecule has 22 nitrogen and oxygen atoms in total. The van der Waals surface area contributed by atoms with E-state index in [4.69, 9.17) is 4.74 Å². The molecular weight excluding hydrogens is 1090 g/mol. The van der Waals surface area contributed by atoms with E-state index in [1.54, 1.807) is 48.5 Å². The quantitative estimate of drug-likeness (QED) is 0.245. The first kappa shape index (κ1) is 75.4. The van der Waals surface area contributed by atoms with Crippen molar-refractivity contribution in [1.82, 2.24) is 50.2 Å². The first-order valence-electron chi connectivity index (χ1n) is 31.1. The molecule has 0 radical (unpaired) electrons. The largest absolute Gasteiger partial charge is 0.375 e. The second kappa shape index (κ2) is 32.9. The zero-order valence-corrected chi connectivity index (χ0v) is 56.5. The summed E-state index contributed by atoms with van der Waals surface area (Å²) in [5.41, 5.74) is 0. The van der Waals surface area contributed by atoms with Gasteiger partial charge in [0.1, 0.15) is 54.4 Å². The zero-order valence-electron chi connectivity index (χ0n) is 56.5. The summed E-state index contributed by atoms with van der Waals surface area (Å²) in [6.07, 6.45) is 0.206. The van der Waals surface area contributed by atoms with Gasteiger partial charge >= 0.3 is 0 Å². The Morgan fingerprint density at radius 1 is 0.412 bits per heavy atom. The number of hydrogen-bond acceptors (Lipinski definition) is 12. The Balaban J connectivity index is 2.98. The Hall–Kier alpha value is -5.67. The maximum Gasteiger partial charge on any atom is 0.246 e. The molecule has 2 heterocycles. The highest BCUT2D eigenvalue weighted by molar-refractivity contribution is 6.00. The molecule has 1 unspecified atom stereocenters. The van der Waals surface area contributed by atoms with Crippen LogP contribution in [0.3, 0.4) is 0 Å². The van der Waals surface area contributed by atoms with Crippen LogP contribution in [-0.4, -0.2) is 222 Å². The summed E-state index contributed by atoms with van der Waals surface area (Å²) < 4.78 is 6.21. The summed E-state index contributed by atoms with van der Waals surface area (Å²) in [6, 6.07) is -11.5. The van der Waals surface area contributed by atoms with Gasteiger partial charge in [0.05, 0.1) is 12.1 Å². The van der Waals surface area contributed by atoms with Crippen molar-refractivity contribution < 1.29 is 57.5 Å². The lowest BCUT2D eigenvalue weighted by atomic mass is 9.92. The van der Waals surface area contributed by atoms with Crippen molar-refractivity contribution in [2.24, 2.45) is 53.3 Å². The zero-order chi connectivity index (χ0) is 65.7. The van der Waals surface area contributed by atoms with Crippen LogP contribution in [0.1, 0.15) is 163 Å². The summed E-state index contributed by atoms with van der Waals surface area (Å²) in [7, 11) is 10.3. The minimum absolute atomic E-state index is 0.106. The minimum Gasteiger partial charge on any atom is -0.375 e. The third kappa shape index (κ3) is 19.7. The van der Waals surface area contributed by atoms with E-state index in [1.807, 2.05) is 62.3 Å². The number of ketones is 1. The number of rotatable bonds is 12. The first-order valence-corrected chi connectivity index (χ1v) is 31.1. The van der Waals surface area contributed by atoms with Gasteiger partial charge in [-0.25, -0.2) is 0 Å². The van der Waals surface area contributed by atoms with Crippen LogP contribution in [0.2, 0.25) is 0 Å². The van der Waals surface area contributed by atoms with Gasteiger partial charge < -0.3 is 55.0 Å². The van der Waals surface area contributed by atoms with Crippen molar-refractivity contribution in [2.75, 3.05) is 55.9 Å². The van der Waals surface area contributed by atoms with Gasteiger partial charge in [-0.05, 0) is 93.3 Å². The highest BCUT2D eigenvalue weighted by Crippen LogP contribution is 2.29. The molecule has 2 aliphatic rings. The van der Waals surface area contributed by atoms with Crippen LogP contribution in [0.15, 0.2) is 0 Å². The van der Waals surface area contributed by atoms with Crippen molar-refractivity contribution in [3.63, 3.8) is 0 Å². The number of carbonyl (C=O) groups excluding carboxylic acids is 11. The van der Waals surface area contributed by atoms with Gasteiger partial charge in [-0.1, -0.05) is 111 Å². The molecule has 2 rings (SSSR count). The lowest BCUT2D eigenvalue weighted by Gasteiger charge is -2.41. The maximum absolute atomic E-state index is 15.2. The number of likely N-dealkylation sites (N-methyl/N-ethyl adjacent to an activating group) is 7. The molecule has 0 aromatic heterocycles. The van der Waals surface area contributed by atoms with Gasteiger partial charge in [0, 0.05) is 68.3 Å². The fourth-order valence-corrected chi connectivity index (χ4v) is 11.6. The van der Waals surface area contributed by atoms with Gasteiger partial charge in [0.15, 0.2) is 5.78 Å². The van der Waals surface area contributed by atoms with E-state index in [-0.39, 0.29) is 61.7 Å². The molecule has 0 aliphatic carbocycles. The molecule has 2 aliphatic heterocycles. The average molecular weight is 1200 g/mol. The van der Waals surface area contributed by atoms with Crippen molar-refractivity contribution in [3.05, 3.63) is 0 Å². The van der Waals surface area contributed by atoms with Crippen molar-refractivity contribution in [2.45, 2.75) is 230 Å². The summed E-state index contributed by atoms with van der Waals surface area (Å²) in [6.45, 7) is 32.5. The van der Waals surface area contributed by atoms with Crippen LogP contribution in [0.4, 0.5) is 0 Å². The third-order valence-corrected chi connectivity index (χ3v) is 17.2. The molecule has 3 N–H and O–H groups in total. The van der Waals surface area contributed by atoms with E-state index in [9.17, 15) is 38.4 Å². The second-order valence-electron chi connectivity index (χ2n) is 27.4. The van der Waals surface area contributed by atoms with Gasteiger partial charge in [-0.15, -0.1) is 0 Å². The van der Waals surface area contributed by atoms with Gasteiger partial charge in [0.2, 0.25) is 59.1 Å². The first-order chi connectivity index (χ1) is 39.1. The van der Waals surface area contributed by atoms with Crippen LogP contribution in [0.5, 0.6) is 0 Å². The molecule has 2 fully saturated rings. The van der Waals surface area contributed by atoms with Crippen LogP contribution in [-0.2, 0) is 57.5 Å². The van der Waals surface area contributed by atoms with Crippen LogP contribution in [0.25, 0.3) is 0 Å². The molecule has 0 saturated carbocycles. The van der Waals surface area contributed by atoms with E-state index >= 15 is 14.4 Å². The van der Waals surface area contributed by atoms with Gasteiger partial charge in [-0.3, -0.25) is 52.7 Å².